The number of fused-ring (bicyclic) bond motifs is 1. The lowest BCUT2D eigenvalue weighted by Gasteiger charge is -2.54. The Balaban J connectivity index is 0.00000208. The predicted molar refractivity (Wildman–Crippen MR) is 108 cm³/mol. The van der Waals surface area contributed by atoms with Crippen molar-refractivity contribution in [1.82, 2.24) is 15.6 Å². The second-order valence-corrected chi connectivity index (χ2v) is 7.31. The van der Waals surface area contributed by atoms with Gasteiger partial charge in [-0.2, -0.15) is 0 Å². The molecule has 3 rings (SSSR count). The van der Waals surface area contributed by atoms with Crippen molar-refractivity contribution in [2.75, 3.05) is 20.2 Å². The van der Waals surface area contributed by atoms with Crippen molar-refractivity contribution in [3.63, 3.8) is 0 Å². The molecule has 1 aliphatic heterocycles. The summed E-state index contributed by atoms with van der Waals surface area (Å²) in [6.07, 6.45) is 4.22. The lowest BCUT2D eigenvalue weighted by molar-refractivity contribution is -0.106. The molecule has 3 atom stereocenters. The second kappa shape index (κ2) is 8.19. The summed E-state index contributed by atoms with van der Waals surface area (Å²) in [5, 5.41) is 7.50. The lowest BCUT2D eigenvalue weighted by atomic mass is 9.57. The van der Waals surface area contributed by atoms with E-state index in [9.17, 15) is 0 Å². The standard InChI is InChI=1S/C17H25ClN4O.HI/c1-17(2)14(12-7-9-23-15(12)17)22-16(19-3)20-8-6-11-4-5-13(18)21-10-11;/h4-5,10,12,14-15H,6-9H2,1-3H3,(H2,19,20,22);1H. The second-order valence-electron chi connectivity index (χ2n) is 6.93. The van der Waals surface area contributed by atoms with Gasteiger partial charge in [0, 0.05) is 43.8 Å². The van der Waals surface area contributed by atoms with Crippen LogP contribution in [0.5, 0.6) is 0 Å². The molecule has 1 aliphatic carbocycles. The minimum atomic E-state index is 0. The Bertz CT molecular complexity index is 578. The van der Waals surface area contributed by atoms with Crippen molar-refractivity contribution >= 4 is 41.5 Å². The monoisotopic (exact) mass is 464 g/mol. The minimum Gasteiger partial charge on any atom is -0.377 e. The van der Waals surface area contributed by atoms with Crippen LogP contribution in [0.3, 0.4) is 0 Å². The molecule has 1 aromatic heterocycles. The lowest BCUT2D eigenvalue weighted by Crippen LogP contribution is -2.68. The molecule has 2 fully saturated rings. The normalized spacial score (nSPS) is 27.7. The van der Waals surface area contributed by atoms with Gasteiger partial charge in [-0.15, -0.1) is 24.0 Å². The predicted octanol–water partition coefficient (Wildman–Crippen LogP) is 2.87. The Labute approximate surface area is 166 Å². The minimum absolute atomic E-state index is 0. The third kappa shape index (κ3) is 3.96. The van der Waals surface area contributed by atoms with E-state index in [-0.39, 0.29) is 29.4 Å². The number of nitrogens with zero attached hydrogens (tertiary/aromatic N) is 2. The molecule has 0 bridgehead atoms. The third-order valence-electron chi connectivity index (χ3n) is 5.11. The van der Waals surface area contributed by atoms with E-state index < -0.39 is 0 Å². The molecule has 7 heteroatoms. The van der Waals surface area contributed by atoms with Crippen LogP contribution in [-0.2, 0) is 11.2 Å². The maximum atomic E-state index is 5.84. The average Bonchev–Trinajstić information content (AvgIpc) is 2.99. The maximum Gasteiger partial charge on any atom is 0.191 e. The number of halogens is 2. The van der Waals surface area contributed by atoms with Gasteiger partial charge in [-0.3, -0.25) is 4.99 Å². The maximum absolute atomic E-state index is 5.84. The van der Waals surface area contributed by atoms with Crippen LogP contribution in [0.15, 0.2) is 23.3 Å². The van der Waals surface area contributed by atoms with E-state index in [0.29, 0.717) is 23.2 Å². The Morgan fingerprint density at radius 1 is 1.46 bits per heavy atom. The molecule has 0 amide bonds. The summed E-state index contributed by atoms with van der Waals surface area (Å²) >= 11 is 5.80. The average molecular weight is 465 g/mol. The number of ether oxygens (including phenoxy) is 1. The number of guanidine groups is 1. The molecule has 0 spiro atoms. The van der Waals surface area contributed by atoms with E-state index in [4.69, 9.17) is 16.3 Å². The zero-order valence-electron chi connectivity index (χ0n) is 14.4. The smallest absolute Gasteiger partial charge is 0.191 e. The molecule has 3 unspecified atom stereocenters. The van der Waals surface area contributed by atoms with Gasteiger partial charge in [0.25, 0.3) is 0 Å². The van der Waals surface area contributed by atoms with Gasteiger partial charge in [0.05, 0.1) is 6.10 Å². The molecule has 2 N–H and O–H groups in total. The molecule has 0 radical (unpaired) electrons. The van der Waals surface area contributed by atoms with Crippen LogP contribution in [0.1, 0.15) is 25.8 Å². The van der Waals surface area contributed by atoms with Crippen molar-refractivity contribution in [3.8, 4) is 0 Å². The van der Waals surface area contributed by atoms with E-state index in [2.05, 4.69) is 34.5 Å². The Morgan fingerprint density at radius 2 is 2.25 bits per heavy atom. The van der Waals surface area contributed by atoms with Crippen LogP contribution in [0.25, 0.3) is 0 Å². The Hall–Kier alpha value is -0.600. The number of rotatable bonds is 4. The number of hydrogen-bond acceptors (Lipinski definition) is 3. The number of aliphatic imine (C=N–C) groups is 1. The first-order chi connectivity index (χ1) is 11.0. The quantitative estimate of drug-likeness (QED) is 0.311. The third-order valence-corrected chi connectivity index (χ3v) is 5.33. The fraction of sp³-hybridized carbons (Fsp3) is 0.647. The zero-order chi connectivity index (χ0) is 16.4. The molecular weight excluding hydrogens is 439 g/mol. The summed E-state index contributed by atoms with van der Waals surface area (Å²) in [6.45, 7) is 6.22. The van der Waals surface area contributed by atoms with Crippen LogP contribution in [0.2, 0.25) is 5.15 Å². The van der Waals surface area contributed by atoms with Crippen molar-refractivity contribution in [1.29, 1.82) is 0 Å². The van der Waals surface area contributed by atoms with Crippen LogP contribution in [0.4, 0.5) is 0 Å². The Kier molecular flexibility index (Phi) is 6.73. The van der Waals surface area contributed by atoms with Crippen molar-refractivity contribution < 1.29 is 4.74 Å². The first-order valence-electron chi connectivity index (χ1n) is 8.21. The zero-order valence-corrected chi connectivity index (χ0v) is 17.5. The molecule has 0 aromatic carbocycles. The van der Waals surface area contributed by atoms with E-state index in [1.807, 2.05) is 25.4 Å². The molecule has 2 aliphatic rings. The van der Waals surface area contributed by atoms with Gasteiger partial charge < -0.3 is 15.4 Å². The molecule has 2 heterocycles. The van der Waals surface area contributed by atoms with E-state index in [0.717, 1.165) is 37.5 Å². The highest BCUT2D eigenvalue weighted by Gasteiger charge is 2.59. The largest absolute Gasteiger partial charge is 0.377 e. The number of hydrogen-bond donors (Lipinski definition) is 2. The SMILES string of the molecule is CN=C(NCCc1ccc(Cl)nc1)NC1C2CCOC2C1(C)C.I. The van der Waals surface area contributed by atoms with Gasteiger partial charge >= 0.3 is 0 Å². The highest BCUT2D eigenvalue weighted by Crippen LogP contribution is 2.52. The van der Waals surface area contributed by atoms with Gasteiger partial charge in [0.2, 0.25) is 0 Å². The van der Waals surface area contributed by atoms with Crippen molar-refractivity contribution in [2.45, 2.75) is 38.8 Å². The molecule has 134 valence electrons. The summed E-state index contributed by atoms with van der Waals surface area (Å²) in [6, 6.07) is 4.24. The van der Waals surface area contributed by atoms with Crippen LogP contribution in [-0.4, -0.2) is 43.3 Å². The van der Waals surface area contributed by atoms with Crippen molar-refractivity contribution in [2.24, 2.45) is 16.3 Å². The van der Waals surface area contributed by atoms with Gasteiger partial charge in [-0.05, 0) is 24.5 Å². The molecule has 1 saturated carbocycles. The molecule has 1 aromatic rings. The number of aromatic nitrogens is 1. The first kappa shape index (κ1) is 19.7. The summed E-state index contributed by atoms with van der Waals surface area (Å²) in [7, 11) is 1.81. The highest BCUT2D eigenvalue weighted by atomic mass is 127. The number of nitrogens with one attached hydrogen (secondary N) is 2. The topological polar surface area (TPSA) is 58.5 Å². The fourth-order valence-electron chi connectivity index (χ4n) is 3.84. The molecule has 1 saturated heterocycles. The molecule has 5 nitrogen and oxygen atoms in total. The first-order valence-corrected chi connectivity index (χ1v) is 8.59. The van der Waals surface area contributed by atoms with Gasteiger partial charge in [-0.1, -0.05) is 31.5 Å². The van der Waals surface area contributed by atoms with E-state index >= 15 is 0 Å². The summed E-state index contributed by atoms with van der Waals surface area (Å²) < 4.78 is 5.84. The van der Waals surface area contributed by atoms with Crippen LogP contribution in [0, 0.1) is 11.3 Å². The summed E-state index contributed by atoms with van der Waals surface area (Å²) in [5.74, 6) is 1.46. The van der Waals surface area contributed by atoms with E-state index in [1.165, 1.54) is 0 Å². The van der Waals surface area contributed by atoms with Gasteiger partial charge in [0.15, 0.2) is 5.96 Å². The Morgan fingerprint density at radius 3 is 2.92 bits per heavy atom. The van der Waals surface area contributed by atoms with E-state index in [1.54, 1.807) is 0 Å². The van der Waals surface area contributed by atoms with Gasteiger partial charge in [0.1, 0.15) is 5.15 Å². The van der Waals surface area contributed by atoms with Crippen LogP contribution < -0.4 is 10.6 Å². The molecule has 24 heavy (non-hydrogen) atoms. The molecular formula is C17H26ClIN4O. The summed E-state index contributed by atoms with van der Waals surface area (Å²) in [4.78, 5) is 8.45. The van der Waals surface area contributed by atoms with Crippen molar-refractivity contribution in [3.05, 3.63) is 29.0 Å². The number of pyridine rings is 1. The summed E-state index contributed by atoms with van der Waals surface area (Å²) in [5.41, 5.74) is 1.31. The van der Waals surface area contributed by atoms with Gasteiger partial charge in [-0.25, -0.2) is 4.98 Å². The fourth-order valence-corrected chi connectivity index (χ4v) is 3.95. The van der Waals surface area contributed by atoms with Crippen LogP contribution >= 0.6 is 35.6 Å². The highest BCUT2D eigenvalue weighted by molar-refractivity contribution is 14.0.